The van der Waals surface area contributed by atoms with Crippen molar-refractivity contribution in [2.45, 2.75) is 53.6 Å². The molecule has 0 radical (unpaired) electrons. The second kappa shape index (κ2) is 14.9. The summed E-state index contributed by atoms with van der Waals surface area (Å²) in [4.78, 5) is 4.36. The first-order chi connectivity index (χ1) is 16.2. The van der Waals surface area contributed by atoms with Gasteiger partial charge >= 0.3 is 12.7 Å². The lowest BCUT2D eigenvalue weighted by atomic mass is 10.2. The molecule has 1 N–H and O–H groups in total. The summed E-state index contributed by atoms with van der Waals surface area (Å²) in [5.41, 5.74) is 1.76. The average molecular weight is 555 g/mol. The quantitative estimate of drug-likeness (QED) is 0.210. The normalized spacial score (nSPS) is 11.2. The SMILES string of the molecule is CCN(CC)c1ccc(N=Nc2sc(N(C(C)C)C(C)C)n[n+]2C)c(NS(C)(=O)=O)c1.FB(F)F.[F-]. The highest BCUT2D eigenvalue weighted by atomic mass is 32.2. The van der Waals surface area contributed by atoms with Crippen molar-refractivity contribution in [3.05, 3.63) is 18.2 Å². The van der Waals surface area contributed by atoms with Crippen LogP contribution in [-0.4, -0.2) is 52.5 Å². The van der Waals surface area contributed by atoms with Gasteiger partial charge in [0.15, 0.2) is 0 Å². The first-order valence-corrected chi connectivity index (χ1v) is 13.8. The minimum absolute atomic E-state index is 0. The summed E-state index contributed by atoms with van der Waals surface area (Å²) in [7, 11) is -5.31. The zero-order chi connectivity index (χ0) is 26.9. The summed E-state index contributed by atoms with van der Waals surface area (Å²) in [5, 5.41) is 14.8. The molecule has 0 aliphatic carbocycles. The molecule has 2 aromatic rings. The van der Waals surface area contributed by atoms with Gasteiger partial charge in [-0.25, -0.2) is 8.42 Å². The number of rotatable bonds is 10. The first kappa shape index (κ1) is 33.5. The van der Waals surface area contributed by atoms with Crippen LogP contribution in [0.5, 0.6) is 0 Å². The van der Waals surface area contributed by atoms with Crippen molar-refractivity contribution < 1.29 is 30.8 Å². The third kappa shape index (κ3) is 10.6. The Hall–Kier alpha value is -2.49. The second-order valence-electron chi connectivity index (χ2n) is 8.08. The van der Waals surface area contributed by atoms with Gasteiger partial charge in [-0.2, -0.15) is 0 Å². The predicted molar refractivity (Wildman–Crippen MR) is 138 cm³/mol. The third-order valence-electron chi connectivity index (χ3n) is 4.68. The van der Waals surface area contributed by atoms with E-state index < -0.39 is 17.6 Å². The molecule has 2 rings (SSSR count). The zero-order valence-electron chi connectivity index (χ0n) is 21.7. The number of aryl methyl sites for hydroxylation is 1. The monoisotopic (exact) mass is 555 g/mol. The molecule has 1 aromatic carbocycles. The van der Waals surface area contributed by atoms with E-state index in [1.807, 2.05) is 13.1 Å². The van der Waals surface area contributed by atoms with E-state index in [-0.39, 0.29) is 4.70 Å². The minimum Gasteiger partial charge on any atom is -1.00 e. The topological polar surface area (TPSA) is 94.1 Å². The molecular formula is C20H34BF4N7O2S2. The Morgan fingerprint density at radius 3 is 2.08 bits per heavy atom. The molecule has 0 aliphatic rings. The lowest BCUT2D eigenvalue weighted by Gasteiger charge is -2.28. The van der Waals surface area contributed by atoms with Crippen molar-refractivity contribution in [1.82, 2.24) is 5.10 Å². The highest BCUT2D eigenvalue weighted by Crippen LogP contribution is 2.33. The number of hydrogen-bond acceptors (Lipinski definition) is 8. The number of aromatic nitrogens is 2. The van der Waals surface area contributed by atoms with E-state index in [1.54, 1.807) is 16.8 Å². The Bertz CT molecular complexity index is 1070. The molecule has 0 saturated carbocycles. The second-order valence-corrected chi connectivity index (χ2v) is 10.8. The van der Waals surface area contributed by atoms with Gasteiger partial charge < -0.3 is 14.5 Å². The number of nitrogens with one attached hydrogen (secondary N) is 1. The van der Waals surface area contributed by atoms with Crippen LogP contribution in [0.15, 0.2) is 28.4 Å². The van der Waals surface area contributed by atoms with Gasteiger partial charge in [0.25, 0.3) is 0 Å². The van der Waals surface area contributed by atoms with Gasteiger partial charge in [-0.3, -0.25) is 17.7 Å². The fourth-order valence-corrected chi connectivity index (χ4v) is 5.01. The lowest BCUT2D eigenvalue weighted by Crippen LogP contribution is -3.00. The minimum atomic E-state index is -3.67. The molecule has 0 saturated heterocycles. The molecular weight excluding hydrogens is 521 g/mol. The molecule has 9 nitrogen and oxygen atoms in total. The molecule has 1 aromatic heterocycles. The van der Waals surface area contributed by atoms with Gasteiger partial charge in [0.2, 0.25) is 15.2 Å². The Labute approximate surface area is 215 Å². The lowest BCUT2D eigenvalue weighted by molar-refractivity contribution is -0.712. The van der Waals surface area contributed by atoms with Crippen molar-refractivity contribution in [2.24, 2.45) is 17.3 Å². The number of azo groups is 1. The van der Waals surface area contributed by atoms with Gasteiger partial charge in [0, 0.05) is 30.9 Å². The van der Waals surface area contributed by atoms with Crippen molar-refractivity contribution >= 4 is 56.2 Å². The Morgan fingerprint density at radius 1 is 1.11 bits per heavy atom. The van der Waals surface area contributed by atoms with E-state index in [9.17, 15) is 21.4 Å². The number of sulfonamides is 1. The summed E-state index contributed by atoms with van der Waals surface area (Å²) in [6, 6.07) is 6.09. The van der Waals surface area contributed by atoms with E-state index >= 15 is 0 Å². The van der Waals surface area contributed by atoms with Crippen molar-refractivity contribution in [1.29, 1.82) is 0 Å². The molecule has 0 atom stereocenters. The molecule has 0 spiro atoms. The van der Waals surface area contributed by atoms with E-state index in [4.69, 9.17) is 0 Å². The molecule has 0 aliphatic heterocycles. The van der Waals surface area contributed by atoms with Gasteiger partial charge in [-0.15, -0.1) is 4.68 Å². The fourth-order valence-electron chi connectivity index (χ4n) is 3.34. The molecule has 0 bridgehead atoms. The molecule has 1 heterocycles. The highest BCUT2D eigenvalue weighted by Gasteiger charge is 2.24. The van der Waals surface area contributed by atoms with Crippen LogP contribution in [0.4, 0.5) is 40.3 Å². The maximum Gasteiger partial charge on any atom is 0.762 e. The average Bonchev–Trinajstić information content (AvgIpc) is 3.05. The van der Waals surface area contributed by atoms with Crippen LogP contribution in [0.2, 0.25) is 0 Å². The fraction of sp³-hybridized carbons (Fsp3) is 0.600. The first-order valence-electron chi connectivity index (χ1n) is 11.1. The standard InChI is InChI=1S/C20H33N7O2S2.BF3.FH/c1-9-26(10-2)16-11-12-17(18(13-16)24-31(8,28)29)21-22-19-25(7)23-20(30-19)27(14(3)4)15(5)6;2-1(3)4;/h11-15H,9-10H2,1-8H3;;1H. The van der Waals surface area contributed by atoms with Crippen LogP contribution in [0, 0.1) is 0 Å². The third-order valence-corrected chi connectivity index (χ3v) is 6.27. The summed E-state index contributed by atoms with van der Waals surface area (Å²) in [6.07, 6.45) is 1.12. The number of benzene rings is 1. The Kier molecular flexibility index (Phi) is 13.9. The zero-order valence-corrected chi connectivity index (χ0v) is 23.3. The molecule has 36 heavy (non-hydrogen) atoms. The van der Waals surface area contributed by atoms with Gasteiger partial charge in [-0.05, 0) is 76.2 Å². The summed E-state index contributed by atoms with van der Waals surface area (Å²) in [6.45, 7) is 14.3. The van der Waals surface area contributed by atoms with E-state index in [0.717, 1.165) is 30.2 Å². The summed E-state index contributed by atoms with van der Waals surface area (Å²) in [5.74, 6) is 0. The Balaban J connectivity index is 0.00000227. The van der Waals surface area contributed by atoms with Crippen LogP contribution in [0.1, 0.15) is 41.5 Å². The number of halogens is 4. The van der Waals surface area contributed by atoms with Crippen molar-refractivity contribution in [3.63, 3.8) is 0 Å². The summed E-state index contributed by atoms with van der Waals surface area (Å²) < 4.78 is 57.0. The summed E-state index contributed by atoms with van der Waals surface area (Å²) >= 11 is 1.45. The molecule has 0 fully saturated rings. The molecule has 204 valence electrons. The number of anilines is 3. The van der Waals surface area contributed by atoms with Crippen LogP contribution < -0.4 is 23.9 Å². The van der Waals surface area contributed by atoms with Crippen LogP contribution in [-0.2, 0) is 17.1 Å². The van der Waals surface area contributed by atoms with Crippen LogP contribution >= 0.6 is 11.3 Å². The molecule has 16 heteroatoms. The Morgan fingerprint density at radius 2 is 1.64 bits per heavy atom. The number of nitrogens with zero attached hydrogens (tertiary/aromatic N) is 6. The van der Waals surface area contributed by atoms with Crippen LogP contribution in [0.25, 0.3) is 0 Å². The van der Waals surface area contributed by atoms with Crippen molar-refractivity contribution in [2.75, 3.05) is 33.9 Å². The van der Waals surface area contributed by atoms with E-state index in [1.165, 1.54) is 11.3 Å². The van der Waals surface area contributed by atoms with Crippen molar-refractivity contribution in [3.8, 4) is 0 Å². The number of hydrogen-bond donors (Lipinski definition) is 1. The molecule has 0 unspecified atom stereocenters. The largest absolute Gasteiger partial charge is 1.00 e. The maximum atomic E-state index is 11.9. The predicted octanol–water partition coefficient (Wildman–Crippen LogP) is 2.11. The van der Waals surface area contributed by atoms with E-state index in [0.29, 0.717) is 28.6 Å². The van der Waals surface area contributed by atoms with Gasteiger partial charge in [0.05, 0.1) is 17.1 Å². The van der Waals surface area contributed by atoms with Gasteiger partial charge in [0.1, 0.15) is 12.7 Å². The van der Waals surface area contributed by atoms with Crippen LogP contribution in [0.3, 0.4) is 0 Å². The smallest absolute Gasteiger partial charge is 0.762 e. The van der Waals surface area contributed by atoms with E-state index in [2.05, 4.69) is 71.4 Å². The van der Waals surface area contributed by atoms with Gasteiger partial charge in [-0.1, -0.05) is 5.10 Å². The highest BCUT2D eigenvalue weighted by molar-refractivity contribution is 7.92. The maximum absolute atomic E-state index is 11.9. The molecule has 0 amide bonds.